The lowest BCUT2D eigenvalue weighted by Crippen LogP contribution is -2.41. The first kappa shape index (κ1) is 13.5. The van der Waals surface area contributed by atoms with E-state index < -0.39 is 16.0 Å². The first-order valence-electron chi connectivity index (χ1n) is 5.66. The fraction of sp³-hybridized carbons (Fsp3) is 0.545. The highest BCUT2D eigenvalue weighted by Gasteiger charge is 2.33. The predicted molar refractivity (Wildman–Crippen MR) is 68.6 cm³/mol. The standard InChI is InChI=1S/C11H15NO4S2/c1-7-10(6-9(17-7)11(13)14)18(15,16)12(2)8-4-3-5-8/h6,8H,3-5H2,1-2H3,(H,13,14). The lowest BCUT2D eigenvalue weighted by molar-refractivity contribution is 0.0702. The van der Waals surface area contributed by atoms with Crippen LogP contribution in [-0.2, 0) is 10.0 Å². The zero-order chi connectivity index (χ0) is 13.5. The minimum Gasteiger partial charge on any atom is -0.477 e. The highest BCUT2D eigenvalue weighted by atomic mass is 32.2. The molecule has 0 amide bonds. The molecule has 0 spiro atoms. The van der Waals surface area contributed by atoms with E-state index >= 15 is 0 Å². The van der Waals surface area contributed by atoms with Crippen LogP contribution in [0.4, 0.5) is 0 Å². The molecule has 0 radical (unpaired) electrons. The molecule has 1 aromatic rings. The average molecular weight is 289 g/mol. The molecule has 7 heteroatoms. The van der Waals surface area contributed by atoms with Crippen LogP contribution >= 0.6 is 11.3 Å². The van der Waals surface area contributed by atoms with Gasteiger partial charge in [0.15, 0.2) is 0 Å². The van der Waals surface area contributed by atoms with Crippen LogP contribution in [0.1, 0.15) is 33.8 Å². The van der Waals surface area contributed by atoms with E-state index in [1.54, 1.807) is 14.0 Å². The van der Waals surface area contributed by atoms with E-state index in [0.29, 0.717) is 4.88 Å². The topological polar surface area (TPSA) is 74.7 Å². The molecular weight excluding hydrogens is 274 g/mol. The fourth-order valence-corrected chi connectivity index (χ4v) is 4.74. The number of rotatable bonds is 4. The van der Waals surface area contributed by atoms with Crippen molar-refractivity contribution in [3.05, 3.63) is 15.8 Å². The number of aromatic carboxylic acids is 1. The SMILES string of the molecule is Cc1sc(C(=O)O)cc1S(=O)(=O)N(C)C1CCC1. The Bertz CT molecular complexity index is 572. The van der Waals surface area contributed by atoms with Gasteiger partial charge in [0.25, 0.3) is 0 Å². The van der Waals surface area contributed by atoms with Crippen molar-refractivity contribution in [2.24, 2.45) is 0 Å². The van der Waals surface area contributed by atoms with Gasteiger partial charge in [0.1, 0.15) is 4.88 Å². The largest absolute Gasteiger partial charge is 0.477 e. The molecule has 100 valence electrons. The number of nitrogens with zero attached hydrogens (tertiary/aromatic N) is 1. The third-order valence-electron chi connectivity index (χ3n) is 3.33. The number of sulfonamides is 1. The quantitative estimate of drug-likeness (QED) is 0.919. The van der Waals surface area contributed by atoms with E-state index in [2.05, 4.69) is 0 Å². The molecule has 1 N–H and O–H groups in total. The lowest BCUT2D eigenvalue weighted by Gasteiger charge is -2.33. The third kappa shape index (κ3) is 2.17. The number of aryl methyl sites for hydroxylation is 1. The summed E-state index contributed by atoms with van der Waals surface area (Å²) in [7, 11) is -2.00. The average Bonchev–Trinajstić information content (AvgIpc) is 2.58. The van der Waals surface area contributed by atoms with Gasteiger partial charge in [-0.1, -0.05) is 6.42 Å². The van der Waals surface area contributed by atoms with Crippen LogP contribution in [-0.4, -0.2) is 36.9 Å². The molecule has 0 atom stereocenters. The number of carboxylic acid groups (broad SMARTS) is 1. The molecule has 0 unspecified atom stereocenters. The molecule has 2 rings (SSSR count). The molecule has 0 aromatic carbocycles. The number of hydrogen-bond donors (Lipinski definition) is 1. The van der Waals surface area contributed by atoms with Gasteiger partial charge in [-0.15, -0.1) is 11.3 Å². The van der Waals surface area contributed by atoms with Crippen molar-refractivity contribution in [1.29, 1.82) is 0 Å². The zero-order valence-electron chi connectivity index (χ0n) is 10.2. The molecule has 1 heterocycles. The second-order valence-electron chi connectivity index (χ2n) is 4.44. The summed E-state index contributed by atoms with van der Waals surface area (Å²) in [6, 6.07) is 1.31. The summed E-state index contributed by atoms with van der Waals surface area (Å²) in [6.45, 7) is 1.64. The second-order valence-corrected chi connectivity index (χ2v) is 7.66. The summed E-state index contributed by atoms with van der Waals surface area (Å²) in [5.74, 6) is -1.09. The number of carbonyl (C=O) groups is 1. The first-order valence-corrected chi connectivity index (χ1v) is 7.91. The smallest absolute Gasteiger partial charge is 0.345 e. The van der Waals surface area contributed by atoms with Crippen molar-refractivity contribution in [3.8, 4) is 0 Å². The van der Waals surface area contributed by atoms with E-state index in [-0.39, 0.29) is 15.8 Å². The van der Waals surface area contributed by atoms with Gasteiger partial charge in [0.2, 0.25) is 10.0 Å². The zero-order valence-corrected chi connectivity index (χ0v) is 11.8. The Hall–Kier alpha value is -0.920. The maximum Gasteiger partial charge on any atom is 0.345 e. The van der Waals surface area contributed by atoms with Crippen LogP contribution in [0.25, 0.3) is 0 Å². The molecule has 5 nitrogen and oxygen atoms in total. The van der Waals surface area contributed by atoms with Gasteiger partial charge in [-0.2, -0.15) is 4.31 Å². The van der Waals surface area contributed by atoms with Crippen LogP contribution in [0.5, 0.6) is 0 Å². The van der Waals surface area contributed by atoms with Gasteiger partial charge >= 0.3 is 5.97 Å². The molecule has 1 saturated carbocycles. The Labute approximate surface area is 110 Å². The molecule has 0 bridgehead atoms. The van der Waals surface area contributed by atoms with Crippen LogP contribution in [0.15, 0.2) is 11.0 Å². The van der Waals surface area contributed by atoms with Gasteiger partial charge in [-0.05, 0) is 25.8 Å². The van der Waals surface area contributed by atoms with Crippen LogP contribution in [0.3, 0.4) is 0 Å². The van der Waals surface area contributed by atoms with Crippen molar-refractivity contribution >= 4 is 27.3 Å². The van der Waals surface area contributed by atoms with Gasteiger partial charge in [-0.25, -0.2) is 13.2 Å². The molecule has 1 fully saturated rings. The van der Waals surface area contributed by atoms with E-state index in [0.717, 1.165) is 30.6 Å². The van der Waals surface area contributed by atoms with Crippen LogP contribution < -0.4 is 0 Å². The van der Waals surface area contributed by atoms with Gasteiger partial charge in [0.05, 0.1) is 4.90 Å². The highest BCUT2D eigenvalue weighted by molar-refractivity contribution is 7.89. The molecular formula is C11H15NO4S2. The summed E-state index contributed by atoms with van der Waals surface area (Å²) in [4.78, 5) is 11.6. The van der Waals surface area contributed by atoms with Gasteiger partial charge < -0.3 is 5.11 Å². The maximum atomic E-state index is 12.4. The summed E-state index contributed by atoms with van der Waals surface area (Å²) in [5, 5.41) is 8.90. The van der Waals surface area contributed by atoms with Crippen molar-refractivity contribution in [1.82, 2.24) is 4.31 Å². The van der Waals surface area contributed by atoms with Gasteiger partial charge in [0, 0.05) is 18.0 Å². The molecule has 18 heavy (non-hydrogen) atoms. The van der Waals surface area contributed by atoms with Crippen molar-refractivity contribution in [2.75, 3.05) is 7.05 Å². The number of carboxylic acids is 1. The Kier molecular flexibility index (Phi) is 3.48. The predicted octanol–water partition coefficient (Wildman–Crippen LogP) is 1.93. The normalized spacial score (nSPS) is 16.8. The summed E-state index contributed by atoms with van der Waals surface area (Å²) < 4.78 is 26.1. The monoisotopic (exact) mass is 289 g/mol. The Balaban J connectivity index is 2.37. The van der Waals surface area contributed by atoms with Gasteiger partial charge in [-0.3, -0.25) is 0 Å². The fourth-order valence-electron chi connectivity index (χ4n) is 1.93. The minimum atomic E-state index is -3.56. The van der Waals surface area contributed by atoms with E-state index in [4.69, 9.17) is 5.11 Å². The van der Waals surface area contributed by atoms with Crippen molar-refractivity contribution in [2.45, 2.75) is 37.1 Å². The number of thiophene rings is 1. The minimum absolute atomic E-state index is 0.0579. The van der Waals surface area contributed by atoms with E-state index in [9.17, 15) is 13.2 Å². The molecule has 0 saturated heterocycles. The van der Waals surface area contributed by atoms with Crippen LogP contribution in [0.2, 0.25) is 0 Å². The number of hydrogen-bond acceptors (Lipinski definition) is 4. The van der Waals surface area contributed by atoms with E-state index in [1.165, 1.54) is 10.4 Å². The summed E-state index contributed by atoms with van der Waals surface area (Å²) in [6.07, 6.45) is 2.81. The van der Waals surface area contributed by atoms with Crippen molar-refractivity contribution in [3.63, 3.8) is 0 Å². The molecule has 1 aliphatic carbocycles. The van der Waals surface area contributed by atoms with Crippen LogP contribution in [0, 0.1) is 6.92 Å². The van der Waals surface area contributed by atoms with Crippen molar-refractivity contribution < 1.29 is 18.3 Å². The Morgan fingerprint density at radius 2 is 2.11 bits per heavy atom. The molecule has 0 aliphatic heterocycles. The molecule has 1 aliphatic rings. The maximum absolute atomic E-state index is 12.4. The lowest BCUT2D eigenvalue weighted by atomic mass is 9.94. The Morgan fingerprint density at radius 1 is 1.50 bits per heavy atom. The Morgan fingerprint density at radius 3 is 2.50 bits per heavy atom. The highest BCUT2D eigenvalue weighted by Crippen LogP contribution is 2.32. The third-order valence-corrected chi connectivity index (χ3v) is 6.53. The first-order chi connectivity index (χ1) is 8.34. The summed E-state index contributed by atoms with van der Waals surface area (Å²) >= 11 is 0.999. The van der Waals surface area contributed by atoms with E-state index in [1.807, 2.05) is 0 Å². The molecule has 1 aromatic heterocycles. The second kappa shape index (κ2) is 4.64. The summed E-state index contributed by atoms with van der Waals surface area (Å²) in [5.41, 5.74) is 0.